The van der Waals surface area contributed by atoms with Gasteiger partial charge in [0.15, 0.2) is 0 Å². The first-order valence-electron chi connectivity index (χ1n) is 7.24. The van der Waals surface area contributed by atoms with Gasteiger partial charge in [-0.3, -0.25) is 4.79 Å². The number of ether oxygens (including phenoxy) is 2. The van der Waals surface area contributed by atoms with Crippen LogP contribution in [0.15, 0.2) is 0 Å². The van der Waals surface area contributed by atoms with Crippen molar-refractivity contribution >= 4 is 17.7 Å². The minimum atomic E-state index is -0.462. The van der Waals surface area contributed by atoms with Gasteiger partial charge in [0.2, 0.25) is 0 Å². The Kier molecular flexibility index (Phi) is 5.15. The van der Waals surface area contributed by atoms with Crippen molar-refractivity contribution in [2.45, 2.75) is 61.7 Å². The predicted molar refractivity (Wildman–Crippen MR) is 77.5 cm³/mol. The van der Waals surface area contributed by atoms with Gasteiger partial charge in [-0.1, -0.05) is 0 Å². The number of likely N-dealkylation sites (N-methyl/N-ethyl adjacent to an activating group) is 1. The number of rotatable bonds is 5. The molecule has 0 radical (unpaired) electrons. The van der Waals surface area contributed by atoms with Gasteiger partial charge < -0.3 is 14.8 Å². The second kappa shape index (κ2) is 6.46. The number of carbonyl (C=O) groups excluding carboxylic acids is 1. The highest BCUT2D eigenvalue weighted by Gasteiger charge is 2.46. The third-order valence-electron chi connectivity index (χ3n) is 4.29. The van der Waals surface area contributed by atoms with Crippen molar-refractivity contribution in [1.82, 2.24) is 5.32 Å². The third kappa shape index (κ3) is 3.26. The van der Waals surface area contributed by atoms with Crippen LogP contribution in [0.2, 0.25) is 0 Å². The van der Waals surface area contributed by atoms with Gasteiger partial charge in [-0.15, -0.1) is 0 Å². The van der Waals surface area contributed by atoms with E-state index in [1.54, 1.807) is 0 Å². The van der Waals surface area contributed by atoms with E-state index in [2.05, 4.69) is 12.2 Å². The Morgan fingerprint density at radius 3 is 2.89 bits per heavy atom. The lowest BCUT2D eigenvalue weighted by Gasteiger charge is -2.27. The summed E-state index contributed by atoms with van der Waals surface area (Å²) in [5.41, 5.74) is -0.462. The number of hydrogen-bond acceptors (Lipinski definition) is 5. The zero-order valence-electron chi connectivity index (χ0n) is 12.1. The smallest absolute Gasteiger partial charge is 0.326 e. The van der Waals surface area contributed by atoms with E-state index in [1.165, 1.54) is 0 Å². The lowest BCUT2D eigenvalue weighted by atomic mass is 9.98. The fourth-order valence-electron chi connectivity index (χ4n) is 3.04. The van der Waals surface area contributed by atoms with Gasteiger partial charge in [0.1, 0.15) is 5.54 Å². The van der Waals surface area contributed by atoms with Gasteiger partial charge in [-0.2, -0.15) is 11.8 Å². The molecular formula is C14H25NO3S. The van der Waals surface area contributed by atoms with Gasteiger partial charge >= 0.3 is 5.97 Å². The SMILES string of the molecule is CCOC(=O)C1(NC)CCC(SC2CCOC2C)C1. The zero-order chi connectivity index (χ0) is 13.9. The average molecular weight is 287 g/mol. The Morgan fingerprint density at radius 2 is 2.32 bits per heavy atom. The van der Waals surface area contributed by atoms with Crippen LogP contribution in [0, 0.1) is 0 Å². The molecule has 1 aliphatic heterocycles. The van der Waals surface area contributed by atoms with E-state index in [4.69, 9.17) is 9.47 Å². The number of nitrogens with one attached hydrogen (secondary N) is 1. The van der Waals surface area contributed by atoms with Crippen LogP contribution in [0.25, 0.3) is 0 Å². The van der Waals surface area contributed by atoms with E-state index >= 15 is 0 Å². The van der Waals surface area contributed by atoms with Crippen molar-refractivity contribution < 1.29 is 14.3 Å². The molecule has 0 bridgehead atoms. The lowest BCUT2D eigenvalue weighted by Crippen LogP contribution is -2.49. The van der Waals surface area contributed by atoms with E-state index < -0.39 is 5.54 Å². The Hall–Kier alpha value is -0.260. The van der Waals surface area contributed by atoms with Crippen molar-refractivity contribution in [2.24, 2.45) is 0 Å². The molecular weight excluding hydrogens is 262 g/mol. The summed E-state index contributed by atoms with van der Waals surface area (Å²) in [6.45, 7) is 5.34. The van der Waals surface area contributed by atoms with Crippen molar-refractivity contribution in [3.05, 3.63) is 0 Å². The highest BCUT2D eigenvalue weighted by Crippen LogP contribution is 2.42. The maximum atomic E-state index is 12.1. The molecule has 0 aromatic heterocycles. The van der Waals surface area contributed by atoms with E-state index in [-0.39, 0.29) is 5.97 Å². The molecule has 2 rings (SSSR count). The van der Waals surface area contributed by atoms with E-state index in [1.807, 2.05) is 25.7 Å². The summed E-state index contributed by atoms with van der Waals surface area (Å²) in [6.07, 6.45) is 4.30. The van der Waals surface area contributed by atoms with Gasteiger partial charge in [0.05, 0.1) is 12.7 Å². The molecule has 1 aliphatic carbocycles. The largest absolute Gasteiger partial charge is 0.465 e. The van der Waals surface area contributed by atoms with Crippen molar-refractivity contribution in [3.8, 4) is 0 Å². The first-order chi connectivity index (χ1) is 9.11. The number of thioether (sulfide) groups is 1. The molecule has 0 amide bonds. The van der Waals surface area contributed by atoms with Gasteiger partial charge in [-0.25, -0.2) is 0 Å². The van der Waals surface area contributed by atoms with Crippen molar-refractivity contribution in [3.63, 3.8) is 0 Å². The van der Waals surface area contributed by atoms with Gasteiger partial charge in [0, 0.05) is 17.1 Å². The van der Waals surface area contributed by atoms with Crippen molar-refractivity contribution in [2.75, 3.05) is 20.3 Å². The van der Waals surface area contributed by atoms with Crippen LogP contribution >= 0.6 is 11.8 Å². The summed E-state index contributed by atoms with van der Waals surface area (Å²) in [5.74, 6) is -0.0867. The fraction of sp³-hybridized carbons (Fsp3) is 0.929. The molecule has 2 fully saturated rings. The van der Waals surface area contributed by atoms with Crippen LogP contribution in [0.5, 0.6) is 0 Å². The van der Waals surface area contributed by atoms with E-state index in [0.717, 1.165) is 32.3 Å². The third-order valence-corrected chi connectivity index (χ3v) is 6.04. The molecule has 1 saturated carbocycles. The summed E-state index contributed by atoms with van der Waals surface area (Å²) in [4.78, 5) is 12.1. The van der Waals surface area contributed by atoms with Crippen LogP contribution < -0.4 is 5.32 Å². The Bertz CT molecular complexity index is 326. The first-order valence-corrected chi connectivity index (χ1v) is 8.19. The number of carbonyl (C=O) groups is 1. The highest BCUT2D eigenvalue weighted by atomic mass is 32.2. The molecule has 1 saturated heterocycles. The Labute approximate surface area is 120 Å². The number of esters is 1. The van der Waals surface area contributed by atoms with Crippen LogP contribution in [-0.4, -0.2) is 48.4 Å². The monoisotopic (exact) mass is 287 g/mol. The molecule has 4 atom stereocenters. The van der Waals surface area contributed by atoms with Gasteiger partial charge in [0.25, 0.3) is 0 Å². The molecule has 1 heterocycles. The molecule has 0 aromatic carbocycles. The number of hydrogen-bond donors (Lipinski definition) is 1. The molecule has 5 heteroatoms. The minimum Gasteiger partial charge on any atom is -0.465 e. The van der Waals surface area contributed by atoms with E-state index in [0.29, 0.717) is 23.2 Å². The molecule has 0 aromatic rings. The van der Waals surface area contributed by atoms with E-state index in [9.17, 15) is 4.79 Å². The zero-order valence-corrected chi connectivity index (χ0v) is 12.9. The van der Waals surface area contributed by atoms with Crippen LogP contribution in [0.3, 0.4) is 0 Å². The van der Waals surface area contributed by atoms with Crippen molar-refractivity contribution in [1.29, 1.82) is 0 Å². The molecule has 0 spiro atoms. The van der Waals surface area contributed by atoms with Crippen LogP contribution in [0.1, 0.15) is 39.5 Å². The highest BCUT2D eigenvalue weighted by molar-refractivity contribution is 8.00. The summed E-state index contributed by atoms with van der Waals surface area (Å²) in [5, 5.41) is 4.33. The topological polar surface area (TPSA) is 47.6 Å². The lowest BCUT2D eigenvalue weighted by molar-refractivity contribution is -0.150. The molecule has 1 N–H and O–H groups in total. The predicted octanol–water partition coefficient (Wildman–Crippen LogP) is 1.97. The molecule has 19 heavy (non-hydrogen) atoms. The first kappa shape index (κ1) is 15.1. The summed E-state index contributed by atoms with van der Waals surface area (Å²) in [7, 11) is 1.87. The summed E-state index contributed by atoms with van der Waals surface area (Å²) >= 11 is 2.00. The minimum absolute atomic E-state index is 0.0867. The second-order valence-corrected chi connectivity index (χ2v) is 7.00. The van der Waals surface area contributed by atoms with Gasteiger partial charge in [-0.05, 0) is 46.6 Å². The Morgan fingerprint density at radius 1 is 1.53 bits per heavy atom. The summed E-state index contributed by atoms with van der Waals surface area (Å²) in [6, 6.07) is 0. The Balaban J connectivity index is 1.91. The second-order valence-electron chi connectivity index (χ2n) is 5.46. The average Bonchev–Trinajstić information content (AvgIpc) is 2.99. The van der Waals surface area contributed by atoms with Crippen LogP contribution in [0.4, 0.5) is 0 Å². The normalized spacial score (nSPS) is 38.6. The quantitative estimate of drug-likeness (QED) is 0.783. The maximum absolute atomic E-state index is 12.1. The molecule has 4 unspecified atom stereocenters. The molecule has 4 nitrogen and oxygen atoms in total. The molecule has 2 aliphatic rings. The summed E-state index contributed by atoms with van der Waals surface area (Å²) < 4.78 is 10.8. The van der Waals surface area contributed by atoms with Crippen LogP contribution in [-0.2, 0) is 14.3 Å². The fourth-order valence-corrected chi connectivity index (χ4v) is 4.70. The standard InChI is InChI=1S/C14H25NO3S/c1-4-17-13(16)14(15-3)7-5-11(9-14)19-12-6-8-18-10(12)2/h10-12,15H,4-9H2,1-3H3. The maximum Gasteiger partial charge on any atom is 0.326 e. The molecule has 110 valence electrons.